The van der Waals surface area contributed by atoms with E-state index in [0.29, 0.717) is 6.42 Å². The SMILES string of the molecule is CCCC/C=C\CCCCCCCC(=O)NC(CO)C(O)/C=C/CC/C=C/CCCCCCCCCCCCCCCCCCCC. The van der Waals surface area contributed by atoms with Crippen LogP contribution in [0.3, 0.4) is 0 Å². The van der Waals surface area contributed by atoms with E-state index < -0.39 is 12.1 Å². The predicted molar refractivity (Wildman–Crippen MR) is 207 cm³/mol. The molecule has 0 aromatic heterocycles. The quantitative estimate of drug-likeness (QED) is 0.0459. The van der Waals surface area contributed by atoms with Gasteiger partial charge in [-0.1, -0.05) is 192 Å². The first-order valence-corrected chi connectivity index (χ1v) is 20.7. The first-order chi connectivity index (χ1) is 23.2. The number of hydrogen-bond donors (Lipinski definition) is 3. The molecule has 0 aromatic carbocycles. The lowest BCUT2D eigenvalue weighted by Crippen LogP contribution is -2.45. The average molecular weight is 660 g/mol. The van der Waals surface area contributed by atoms with Gasteiger partial charge in [-0.15, -0.1) is 0 Å². The Morgan fingerprint density at radius 2 is 0.851 bits per heavy atom. The minimum atomic E-state index is -0.863. The predicted octanol–water partition coefficient (Wildman–Crippen LogP) is 12.6. The lowest BCUT2D eigenvalue weighted by atomic mass is 10.0. The van der Waals surface area contributed by atoms with E-state index in [2.05, 4.69) is 43.5 Å². The summed E-state index contributed by atoms with van der Waals surface area (Å²) in [4.78, 5) is 12.3. The van der Waals surface area contributed by atoms with Crippen molar-refractivity contribution in [2.75, 3.05) is 6.61 Å². The number of carbonyl (C=O) groups excluding carboxylic acids is 1. The summed E-state index contributed by atoms with van der Waals surface area (Å²) in [6.07, 6.45) is 51.1. The zero-order valence-electron chi connectivity index (χ0n) is 31.5. The van der Waals surface area contributed by atoms with Gasteiger partial charge in [0.2, 0.25) is 5.91 Å². The summed E-state index contributed by atoms with van der Waals surface area (Å²) in [6, 6.07) is -0.640. The van der Waals surface area contributed by atoms with Gasteiger partial charge in [0.25, 0.3) is 0 Å². The molecule has 0 aliphatic heterocycles. The van der Waals surface area contributed by atoms with Crippen LogP contribution in [0.25, 0.3) is 0 Å². The molecule has 0 radical (unpaired) electrons. The van der Waals surface area contributed by atoms with Crippen LogP contribution in [0.15, 0.2) is 36.5 Å². The first kappa shape index (κ1) is 45.6. The topological polar surface area (TPSA) is 69.6 Å². The molecular weight excluding hydrogens is 578 g/mol. The second-order valence-electron chi connectivity index (χ2n) is 14.0. The van der Waals surface area contributed by atoms with Crippen LogP contribution >= 0.6 is 0 Å². The Morgan fingerprint density at radius 3 is 1.30 bits per heavy atom. The van der Waals surface area contributed by atoms with Crippen molar-refractivity contribution in [3.8, 4) is 0 Å². The number of allylic oxidation sites excluding steroid dienone is 5. The number of aliphatic hydroxyl groups excluding tert-OH is 2. The zero-order chi connectivity index (χ0) is 34.3. The van der Waals surface area contributed by atoms with Crippen LogP contribution in [0.4, 0.5) is 0 Å². The minimum absolute atomic E-state index is 0.0853. The lowest BCUT2D eigenvalue weighted by Gasteiger charge is -2.19. The van der Waals surface area contributed by atoms with E-state index in [1.165, 1.54) is 148 Å². The van der Waals surface area contributed by atoms with E-state index >= 15 is 0 Å². The fourth-order valence-electron chi connectivity index (χ4n) is 6.12. The molecule has 2 atom stereocenters. The second kappa shape index (κ2) is 39.1. The maximum atomic E-state index is 12.3. The normalized spacial score (nSPS) is 13.4. The molecule has 2 unspecified atom stereocenters. The molecule has 0 heterocycles. The smallest absolute Gasteiger partial charge is 0.220 e. The summed E-state index contributed by atoms with van der Waals surface area (Å²) in [6.45, 7) is 4.25. The summed E-state index contributed by atoms with van der Waals surface area (Å²) in [5.41, 5.74) is 0. The largest absolute Gasteiger partial charge is 0.394 e. The van der Waals surface area contributed by atoms with Crippen LogP contribution in [-0.4, -0.2) is 34.9 Å². The number of hydrogen-bond acceptors (Lipinski definition) is 3. The molecule has 4 heteroatoms. The number of nitrogens with one attached hydrogen (secondary N) is 1. The number of unbranched alkanes of at least 4 members (excludes halogenated alkanes) is 26. The molecule has 0 rings (SSSR count). The molecule has 276 valence electrons. The van der Waals surface area contributed by atoms with Gasteiger partial charge in [0.1, 0.15) is 0 Å². The number of rotatable bonds is 37. The molecule has 0 aromatic rings. The van der Waals surface area contributed by atoms with E-state index in [0.717, 1.165) is 44.9 Å². The van der Waals surface area contributed by atoms with Crippen LogP contribution in [0.2, 0.25) is 0 Å². The number of amides is 1. The van der Waals surface area contributed by atoms with Crippen LogP contribution in [0.5, 0.6) is 0 Å². The van der Waals surface area contributed by atoms with Gasteiger partial charge in [-0.05, 0) is 51.4 Å². The fourth-order valence-corrected chi connectivity index (χ4v) is 6.12. The van der Waals surface area contributed by atoms with Gasteiger partial charge in [-0.25, -0.2) is 0 Å². The van der Waals surface area contributed by atoms with Crippen molar-refractivity contribution in [1.29, 1.82) is 0 Å². The van der Waals surface area contributed by atoms with Crippen LogP contribution < -0.4 is 5.32 Å². The highest BCUT2D eigenvalue weighted by Crippen LogP contribution is 2.15. The molecule has 0 aliphatic carbocycles. The molecular formula is C43H81NO3. The molecule has 0 saturated carbocycles. The summed E-state index contributed by atoms with van der Waals surface area (Å²) in [7, 11) is 0. The van der Waals surface area contributed by atoms with Crippen molar-refractivity contribution in [2.45, 2.75) is 225 Å². The van der Waals surface area contributed by atoms with Crippen molar-refractivity contribution >= 4 is 5.91 Å². The van der Waals surface area contributed by atoms with Crippen LogP contribution in [0, 0.1) is 0 Å². The molecule has 0 fully saturated rings. The summed E-state index contributed by atoms with van der Waals surface area (Å²) < 4.78 is 0. The fraction of sp³-hybridized carbons (Fsp3) is 0.837. The van der Waals surface area contributed by atoms with Crippen molar-refractivity contribution in [2.24, 2.45) is 0 Å². The Bertz CT molecular complexity index is 716. The van der Waals surface area contributed by atoms with Gasteiger partial charge in [0.05, 0.1) is 18.8 Å². The molecule has 4 nitrogen and oxygen atoms in total. The van der Waals surface area contributed by atoms with Gasteiger partial charge in [-0.3, -0.25) is 4.79 Å². The van der Waals surface area contributed by atoms with Gasteiger partial charge in [-0.2, -0.15) is 0 Å². The van der Waals surface area contributed by atoms with E-state index in [1.807, 2.05) is 6.08 Å². The van der Waals surface area contributed by atoms with Crippen molar-refractivity contribution in [3.63, 3.8) is 0 Å². The molecule has 0 aliphatic rings. The third-order valence-electron chi connectivity index (χ3n) is 9.35. The Hall–Kier alpha value is -1.39. The molecule has 0 spiro atoms. The monoisotopic (exact) mass is 660 g/mol. The van der Waals surface area contributed by atoms with Crippen molar-refractivity contribution < 1.29 is 15.0 Å². The van der Waals surface area contributed by atoms with E-state index in [4.69, 9.17) is 0 Å². The minimum Gasteiger partial charge on any atom is -0.394 e. The number of aliphatic hydroxyl groups is 2. The van der Waals surface area contributed by atoms with Crippen LogP contribution in [-0.2, 0) is 4.79 Å². The summed E-state index contributed by atoms with van der Waals surface area (Å²) >= 11 is 0. The highest BCUT2D eigenvalue weighted by Gasteiger charge is 2.17. The summed E-state index contributed by atoms with van der Waals surface area (Å²) in [5.74, 6) is -0.0853. The molecule has 47 heavy (non-hydrogen) atoms. The Morgan fingerprint density at radius 1 is 0.489 bits per heavy atom. The van der Waals surface area contributed by atoms with Crippen LogP contribution in [0.1, 0.15) is 213 Å². The Labute approximate surface area is 293 Å². The van der Waals surface area contributed by atoms with Gasteiger partial charge in [0, 0.05) is 6.42 Å². The molecule has 1 amide bonds. The van der Waals surface area contributed by atoms with E-state index in [9.17, 15) is 15.0 Å². The molecule has 0 bridgehead atoms. The molecule has 3 N–H and O–H groups in total. The third kappa shape index (κ3) is 35.7. The maximum absolute atomic E-state index is 12.3. The highest BCUT2D eigenvalue weighted by molar-refractivity contribution is 5.76. The van der Waals surface area contributed by atoms with Crippen molar-refractivity contribution in [3.05, 3.63) is 36.5 Å². The van der Waals surface area contributed by atoms with E-state index in [-0.39, 0.29) is 12.5 Å². The lowest BCUT2D eigenvalue weighted by molar-refractivity contribution is -0.123. The van der Waals surface area contributed by atoms with Gasteiger partial charge in [0.15, 0.2) is 0 Å². The number of carbonyl (C=O) groups is 1. The van der Waals surface area contributed by atoms with E-state index in [1.54, 1.807) is 6.08 Å². The average Bonchev–Trinajstić information content (AvgIpc) is 3.07. The zero-order valence-corrected chi connectivity index (χ0v) is 31.5. The second-order valence-corrected chi connectivity index (χ2v) is 14.0. The third-order valence-corrected chi connectivity index (χ3v) is 9.35. The summed E-state index contributed by atoms with van der Waals surface area (Å²) in [5, 5.41) is 22.9. The first-order valence-electron chi connectivity index (χ1n) is 20.7. The Balaban J connectivity index is 3.58. The van der Waals surface area contributed by atoms with Gasteiger partial charge < -0.3 is 15.5 Å². The highest BCUT2D eigenvalue weighted by atomic mass is 16.3. The maximum Gasteiger partial charge on any atom is 0.220 e. The van der Waals surface area contributed by atoms with Crippen molar-refractivity contribution in [1.82, 2.24) is 5.32 Å². The Kier molecular flexibility index (Phi) is 37.9. The standard InChI is InChI=1S/C43H81NO3/c1-3-5-7-9-11-13-15-16-17-18-19-20-21-22-23-24-25-26-27-29-30-32-34-36-38-42(46)41(40-45)44-43(47)39-37-35-33-31-28-14-12-10-8-6-4-2/h10,12,29-30,36,38,41-42,45-46H,3-9,11,13-28,31-35,37,39-40H2,1-2H3,(H,44,47)/b12-10-,30-29+,38-36+. The molecule has 0 saturated heterocycles. The van der Waals surface area contributed by atoms with Gasteiger partial charge >= 0.3 is 0 Å².